The van der Waals surface area contributed by atoms with Crippen LogP contribution < -0.4 is 9.44 Å². The van der Waals surface area contributed by atoms with Gasteiger partial charge in [0.15, 0.2) is 0 Å². The zero-order valence-electron chi connectivity index (χ0n) is 9.31. The summed E-state index contributed by atoms with van der Waals surface area (Å²) in [6.07, 6.45) is 0. The third kappa shape index (κ3) is 5.71. The molecule has 0 saturated heterocycles. The lowest BCUT2D eigenvalue weighted by molar-refractivity contribution is -0.140. The highest BCUT2D eigenvalue weighted by Gasteiger charge is 2.26. The molecule has 7 heteroatoms. The van der Waals surface area contributed by atoms with E-state index in [0.29, 0.717) is 0 Å². The number of hydrogen-bond acceptors (Lipinski definition) is 3. The van der Waals surface area contributed by atoms with E-state index in [0.717, 1.165) is 0 Å². The average Bonchev–Trinajstić information content (AvgIpc) is 1.96. The summed E-state index contributed by atoms with van der Waals surface area (Å²) in [5, 5.41) is 8.79. The Morgan fingerprint density at radius 1 is 1.13 bits per heavy atom. The first kappa shape index (κ1) is 14.3. The van der Waals surface area contributed by atoms with E-state index in [1.165, 1.54) is 0 Å². The highest BCUT2D eigenvalue weighted by Crippen LogP contribution is 2.03. The molecule has 3 N–H and O–H groups in total. The summed E-state index contributed by atoms with van der Waals surface area (Å²) in [6, 6.07) is -1.38. The monoisotopic (exact) mass is 238 g/mol. The van der Waals surface area contributed by atoms with Crippen LogP contribution in [-0.2, 0) is 15.0 Å². The number of rotatable bonds is 6. The molecule has 6 nitrogen and oxygen atoms in total. The lowest BCUT2D eigenvalue weighted by Crippen LogP contribution is -2.50. The number of hydrogen-bond donors (Lipinski definition) is 3. The Bertz CT molecular complexity index is 311. The van der Waals surface area contributed by atoms with Crippen molar-refractivity contribution in [3.8, 4) is 0 Å². The van der Waals surface area contributed by atoms with Gasteiger partial charge in [0.25, 0.3) is 10.2 Å². The van der Waals surface area contributed by atoms with Crippen molar-refractivity contribution in [3.05, 3.63) is 0 Å². The second-order valence-corrected chi connectivity index (χ2v) is 5.43. The number of carboxylic acid groups (broad SMARTS) is 1. The summed E-state index contributed by atoms with van der Waals surface area (Å²) in [5.74, 6) is -1.50. The predicted molar refractivity (Wildman–Crippen MR) is 56.6 cm³/mol. The molecule has 0 aromatic rings. The lowest BCUT2D eigenvalue weighted by atomic mass is 10.1. The summed E-state index contributed by atoms with van der Waals surface area (Å²) < 4.78 is 27.1. The van der Waals surface area contributed by atoms with Gasteiger partial charge in [0.1, 0.15) is 6.04 Å². The molecule has 0 unspecified atom stereocenters. The highest BCUT2D eigenvalue weighted by atomic mass is 32.2. The Labute approximate surface area is 90.2 Å². The van der Waals surface area contributed by atoms with Crippen LogP contribution in [0.25, 0.3) is 0 Å². The van der Waals surface area contributed by atoms with Crippen molar-refractivity contribution in [2.24, 2.45) is 5.92 Å². The van der Waals surface area contributed by atoms with Crippen molar-refractivity contribution < 1.29 is 18.3 Å². The Hall–Kier alpha value is -0.660. The van der Waals surface area contributed by atoms with E-state index in [9.17, 15) is 13.2 Å². The van der Waals surface area contributed by atoms with Gasteiger partial charge in [-0.1, -0.05) is 13.8 Å². The van der Waals surface area contributed by atoms with E-state index in [1.807, 2.05) is 0 Å². The molecule has 90 valence electrons. The molecule has 0 saturated carbocycles. The molecule has 0 fully saturated rings. The standard InChI is InChI=1S/C8H18N2O4S/c1-5(2)7(8(11)12)10-15(13,14)9-6(3)4/h5-7,9-10H,1-4H3,(H,11,12)/t7-/m0/s1. The van der Waals surface area contributed by atoms with E-state index < -0.39 is 22.2 Å². The fourth-order valence-electron chi connectivity index (χ4n) is 0.983. The van der Waals surface area contributed by atoms with Gasteiger partial charge in [-0.15, -0.1) is 0 Å². The second-order valence-electron chi connectivity index (χ2n) is 3.95. The zero-order chi connectivity index (χ0) is 12.2. The van der Waals surface area contributed by atoms with Crippen LogP contribution in [0.1, 0.15) is 27.7 Å². The second kappa shape index (κ2) is 5.43. The van der Waals surface area contributed by atoms with Crippen molar-refractivity contribution in [1.82, 2.24) is 9.44 Å². The third-order valence-electron chi connectivity index (χ3n) is 1.61. The third-order valence-corrected chi connectivity index (χ3v) is 2.95. The van der Waals surface area contributed by atoms with E-state index in [2.05, 4.69) is 9.44 Å². The largest absolute Gasteiger partial charge is 0.480 e. The van der Waals surface area contributed by atoms with Gasteiger partial charge in [-0.3, -0.25) is 4.79 Å². The Kier molecular flexibility index (Phi) is 5.19. The summed E-state index contributed by atoms with van der Waals surface area (Å²) in [5.41, 5.74) is 0. The Morgan fingerprint density at radius 3 is 1.87 bits per heavy atom. The number of aliphatic carboxylic acids is 1. The molecule has 0 aromatic heterocycles. The van der Waals surface area contributed by atoms with Gasteiger partial charge >= 0.3 is 5.97 Å². The highest BCUT2D eigenvalue weighted by molar-refractivity contribution is 7.87. The molecular formula is C8H18N2O4S. The summed E-state index contributed by atoms with van der Waals surface area (Å²) in [6.45, 7) is 6.59. The van der Waals surface area contributed by atoms with Crippen LogP contribution >= 0.6 is 0 Å². The number of nitrogens with one attached hydrogen (secondary N) is 2. The zero-order valence-corrected chi connectivity index (χ0v) is 10.1. The molecule has 0 aliphatic heterocycles. The van der Waals surface area contributed by atoms with Crippen LogP contribution in [0.4, 0.5) is 0 Å². The summed E-state index contributed by atoms with van der Waals surface area (Å²) in [4.78, 5) is 10.7. The van der Waals surface area contributed by atoms with Gasteiger partial charge in [-0.2, -0.15) is 17.9 Å². The number of carbonyl (C=O) groups is 1. The minimum absolute atomic E-state index is 0.274. The first-order valence-corrected chi connectivity index (χ1v) is 6.16. The maximum atomic E-state index is 11.4. The van der Waals surface area contributed by atoms with E-state index in [-0.39, 0.29) is 12.0 Å². The molecule has 0 radical (unpaired) electrons. The van der Waals surface area contributed by atoms with Gasteiger partial charge in [0.2, 0.25) is 0 Å². The van der Waals surface area contributed by atoms with Gasteiger partial charge in [0.05, 0.1) is 0 Å². The Morgan fingerprint density at radius 2 is 1.60 bits per heavy atom. The molecule has 0 heterocycles. The van der Waals surface area contributed by atoms with Crippen LogP contribution in [-0.4, -0.2) is 31.6 Å². The normalized spacial score (nSPS) is 14.5. The molecule has 15 heavy (non-hydrogen) atoms. The minimum atomic E-state index is -3.75. The van der Waals surface area contributed by atoms with Gasteiger partial charge in [-0.25, -0.2) is 0 Å². The molecule has 0 bridgehead atoms. The minimum Gasteiger partial charge on any atom is -0.480 e. The maximum Gasteiger partial charge on any atom is 0.322 e. The Balaban J connectivity index is 4.61. The smallest absolute Gasteiger partial charge is 0.322 e. The van der Waals surface area contributed by atoms with Crippen molar-refractivity contribution in [2.45, 2.75) is 39.8 Å². The van der Waals surface area contributed by atoms with Crippen LogP contribution in [0, 0.1) is 5.92 Å². The molecular weight excluding hydrogens is 220 g/mol. The van der Waals surface area contributed by atoms with Crippen molar-refractivity contribution in [3.63, 3.8) is 0 Å². The average molecular weight is 238 g/mol. The van der Waals surface area contributed by atoms with Crippen molar-refractivity contribution in [1.29, 1.82) is 0 Å². The molecule has 0 spiro atoms. The van der Waals surface area contributed by atoms with Crippen molar-refractivity contribution in [2.75, 3.05) is 0 Å². The van der Waals surface area contributed by atoms with Gasteiger partial charge in [0, 0.05) is 6.04 Å². The van der Waals surface area contributed by atoms with E-state index in [1.54, 1.807) is 27.7 Å². The first-order valence-electron chi connectivity index (χ1n) is 4.68. The van der Waals surface area contributed by atoms with Crippen molar-refractivity contribution >= 4 is 16.2 Å². The molecule has 0 aliphatic carbocycles. The molecule has 0 aliphatic rings. The number of carboxylic acids is 1. The fraction of sp³-hybridized carbons (Fsp3) is 0.875. The van der Waals surface area contributed by atoms with Gasteiger partial charge in [-0.05, 0) is 19.8 Å². The topological polar surface area (TPSA) is 95.5 Å². The summed E-state index contributed by atoms with van der Waals surface area (Å²) >= 11 is 0. The van der Waals surface area contributed by atoms with Crippen LogP contribution in [0.3, 0.4) is 0 Å². The van der Waals surface area contributed by atoms with Crippen LogP contribution in [0.15, 0.2) is 0 Å². The van der Waals surface area contributed by atoms with E-state index >= 15 is 0 Å². The van der Waals surface area contributed by atoms with Gasteiger partial charge < -0.3 is 5.11 Å². The van der Waals surface area contributed by atoms with Crippen LogP contribution in [0.5, 0.6) is 0 Å². The molecule has 1 atom stereocenters. The predicted octanol–water partition coefficient (Wildman–Crippen LogP) is -0.0720. The fourth-order valence-corrected chi connectivity index (χ4v) is 2.38. The quantitative estimate of drug-likeness (QED) is 0.603. The summed E-state index contributed by atoms with van der Waals surface area (Å²) in [7, 11) is -3.75. The lowest BCUT2D eigenvalue weighted by Gasteiger charge is -2.19. The first-order chi connectivity index (χ1) is 6.65. The SMILES string of the molecule is CC(C)NS(=O)(=O)N[C@H](C(=O)O)C(C)C. The molecule has 0 aromatic carbocycles. The molecule has 0 amide bonds. The van der Waals surface area contributed by atoms with Crippen LogP contribution in [0.2, 0.25) is 0 Å². The van der Waals surface area contributed by atoms with E-state index in [4.69, 9.17) is 5.11 Å². The molecule has 0 rings (SSSR count). The maximum absolute atomic E-state index is 11.4.